The normalized spacial score (nSPS) is 21.0. The first kappa shape index (κ1) is 21.6. The van der Waals surface area contributed by atoms with Crippen molar-refractivity contribution in [2.24, 2.45) is 17.4 Å². The Morgan fingerprint density at radius 3 is 2.63 bits per heavy atom. The highest BCUT2D eigenvalue weighted by Gasteiger charge is 2.21. The fraction of sp³-hybridized carbons (Fsp3) is 0.636. The summed E-state index contributed by atoms with van der Waals surface area (Å²) >= 11 is 0. The third-order valence-electron chi connectivity index (χ3n) is 5.95. The molecule has 1 fully saturated rings. The number of methoxy groups -OCH3 is 1. The number of ether oxygens (including phenoxy) is 1. The van der Waals surface area contributed by atoms with Gasteiger partial charge in [0.05, 0.1) is 12.8 Å². The summed E-state index contributed by atoms with van der Waals surface area (Å²) in [7, 11) is 1.66. The number of hydrogen-bond donors (Lipinski definition) is 3. The highest BCUT2D eigenvalue weighted by Crippen LogP contribution is 2.30. The van der Waals surface area contributed by atoms with Crippen LogP contribution in [0.25, 0.3) is 0 Å². The van der Waals surface area contributed by atoms with Crippen LogP contribution in [-0.2, 0) is 4.74 Å². The highest BCUT2D eigenvalue weighted by atomic mass is 16.5. The fourth-order valence-electron chi connectivity index (χ4n) is 3.85. The highest BCUT2D eigenvalue weighted by molar-refractivity contribution is 5.49. The van der Waals surface area contributed by atoms with Crippen LogP contribution in [0.5, 0.6) is 0 Å². The number of hydrogen-bond acceptors (Lipinski definition) is 5. The van der Waals surface area contributed by atoms with Crippen molar-refractivity contribution in [1.82, 2.24) is 10.2 Å². The molecule has 0 aromatic carbocycles. The Hall–Kier alpha value is -1.72. The van der Waals surface area contributed by atoms with E-state index in [9.17, 15) is 0 Å². The lowest BCUT2D eigenvalue weighted by molar-refractivity contribution is 0.187. The summed E-state index contributed by atoms with van der Waals surface area (Å²) in [6.07, 6.45) is 6.51. The average Bonchev–Trinajstić information content (AvgIpc) is 2.79. The standard InChI is InChI=1S/C22H38N4O/c1-6-26-11-8-18(9-12-26)7-10-25-20-14-21(27-5)22(24)15(2)13-19(20)16(3)17(4)23/h14,17-18,25H,3,6-13,23-24H2,1-2,4-5H3/t17-/m0/s1. The van der Waals surface area contributed by atoms with Gasteiger partial charge in [0.1, 0.15) is 5.76 Å². The molecule has 1 saturated heterocycles. The predicted molar refractivity (Wildman–Crippen MR) is 114 cm³/mol. The smallest absolute Gasteiger partial charge is 0.143 e. The summed E-state index contributed by atoms with van der Waals surface area (Å²) in [4.78, 5) is 2.54. The van der Waals surface area contributed by atoms with Crippen molar-refractivity contribution < 1.29 is 4.74 Å². The van der Waals surface area contributed by atoms with Crippen molar-refractivity contribution in [3.63, 3.8) is 0 Å². The minimum absolute atomic E-state index is 0.0957. The first-order valence-electron chi connectivity index (χ1n) is 10.2. The lowest BCUT2D eigenvalue weighted by Gasteiger charge is -2.31. The maximum atomic E-state index is 6.27. The zero-order chi connectivity index (χ0) is 20.0. The van der Waals surface area contributed by atoms with Crippen molar-refractivity contribution in [2.45, 2.75) is 52.5 Å². The molecule has 1 aliphatic heterocycles. The van der Waals surface area contributed by atoms with Gasteiger partial charge < -0.3 is 26.4 Å². The van der Waals surface area contributed by atoms with Gasteiger partial charge in [-0.25, -0.2) is 0 Å². The lowest BCUT2D eigenvalue weighted by atomic mass is 9.92. The number of piperidine rings is 1. The number of rotatable bonds is 8. The number of allylic oxidation sites excluding steroid dienone is 2. The third kappa shape index (κ3) is 5.63. The molecule has 1 aliphatic carbocycles. The maximum Gasteiger partial charge on any atom is 0.143 e. The van der Waals surface area contributed by atoms with Crippen LogP contribution in [0.2, 0.25) is 0 Å². The monoisotopic (exact) mass is 374 g/mol. The van der Waals surface area contributed by atoms with Crippen molar-refractivity contribution in [3.05, 3.63) is 46.5 Å². The molecule has 27 heavy (non-hydrogen) atoms. The van der Waals surface area contributed by atoms with E-state index in [1.807, 2.05) is 19.9 Å². The van der Waals surface area contributed by atoms with Gasteiger partial charge in [-0.15, -0.1) is 0 Å². The predicted octanol–water partition coefficient (Wildman–Crippen LogP) is 3.02. The Kier molecular flexibility index (Phi) is 7.99. The van der Waals surface area contributed by atoms with E-state index in [2.05, 4.69) is 23.7 Å². The molecule has 0 amide bonds. The van der Waals surface area contributed by atoms with Crippen molar-refractivity contribution in [2.75, 3.05) is 33.3 Å². The first-order chi connectivity index (χ1) is 12.9. The Bertz CT molecular complexity index is 622. The summed E-state index contributed by atoms with van der Waals surface area (Å²) in [6.45, 7) is 15.1. The second-order valence-corrected chi connectivity index (χ2v) is 7.88. The summed E-state index contributed by atoms with van der Waals surface area (Å²) in [5.41, 5.74) is 17.3. The zero-order valence-electron chi connectivity index (χ0n) is 17.6. The zero-order valence-corrected chi connectivity index (χ0v) is 17.6. The summed E-state index contributed by atoms with van der Waals surface area (Å²) in [6, 6.07) is -0.0957. The molecule has 5 N–H and O–H groups in total. The molecule has 0 aromatic heterocycles. The van der Waals surface area contributed by atoms with Gasteiger partial charge >= 0.3 is 0 Å². The van der Waals surface area contributed by atoms with E-state index in [1.54, 1.807) is 7.11 Å². The molecule has 1 heterocycles. The van der Waals surface area contributed by atoms with Crippen LogP contribution in [-0.4, -0.2) is 44.2 Å². The van der Waals surface area contributed by atoms with Gasteiger partial charge in [0.25, 0.3) is 0 Å². The minimum Gasteiger partial charge on any atom is -0.495 e. The molecule has 5 heteroatoms. The second kappa shape index (κ2) is 10.00. The van der Waals surface area contributed by atoms with Crippen LogP contribution in [0.4, 0.5) is 0 Å². The van der Waals surface area contributed by atoms with Crippen LogP contribution in [0.3, 0.4) is 0 Å². The fourth-order valence-corrected chi connectivity index (χ4v) is 3.85. The summed E-state index contributed by atoms with van der Waals surface area (Å²) < 4.78 is 5.53. The van der Waals surface area contributed by atoms with E-state index in [0.717, 1.165) is 41.3 Å². The van der Waals surface area contributed by atoms with Crippen LogP contribution >= 0.6 is 0 Å². The lowest BCUT2D eigenvalue weighted by Crippen LogP contribution is -2.34. The molecular formula is C22H38N4O. The summed E-state index contributed by atoms with van der Waals surface area (Å²) in [5.74, 6) is 1.50. The van der Waals surface area contributed by atoms with E-state index >= 15 is 0 Å². The van der Waals surface area contributed by atoms with Gasteiger partial charge in [-0.3, -0.25) is 0 Å². The molecule has 0 bridgehead atoms. The first-order valence-corrected chi connectivity index (χ1v) is 10.2. The number of nitrogens with one attached hydrogen (secondary N) is 1. The number of likely N-dealkylation sites (tertiary alicyclic amines) is 1. The molecule has 2 aliphatic rings. The maximum absolute atomic E-state index is 6.27. The van der Waals surface area contributed by atoms with Crippen molar-refractivity contribution in [3.8, 4) is 0 Å². The van der Waals surface area contributed by atoms with Gasteiger partial charge in [-0.05, 0) is 81.8 Å². The van der Waals surface area contributed by atoms with Crippen molar-refractivity contribution >= 4 is 0 Å². The van der Waals surface area contributed by atoms with E-state index < -0.39 is 0 Å². The largest absolute Gasteiger partial charge is 0.495 e. The van der Waals surface area contributed by atoms with E-state index in [0.29, 0.717) is 11.5 Å². The quantitative estimate of drug-likeness (QED) is 0.609. The molecule has 152 valence electrons. The van der Waals surface area contributed by atoms with Crippen molar-refractivity contribution in [1.29, 1.82) is 0 Å². The molecular weight excluding hydrogens is 336 g/mol. The van der Waals surface area contributed by atoms with Gasteiger partial charge in [0.2, 0.25) is 0 Å². The third-order valence-corrected chi connectivity index (χ3v) is 5.95. The van der Waals surface area contributed by atoms with Gasteiger partial charge in [-0.2, -0.15) is 0 Å². The molecule has 0 unspecified atom stereocenters. The number of nitrogens with two attached hydrogens (primary N) is 2. The topological polar surface area (TPSA) is 76.5 Å². The Labute approximate surface area is 165 Å². The van der Waals surface area contributed by atoms with E-state index in [1.165, 1.54) is 38.9 Å². The van der Waals surface area contributed by atoms with E-state index in [4.69, 9.17) is 16.2 Å². The molecule has 0 aromatic rings. The van der Waals surface area contributed by atoms with Crippen LogP contribution in [0.15, 0.2) is 46.5 Å². The Morgan fingerprint density at radius 2 is 2.07 bits per heavy atom. The Morgan fingerprint density at radius 1 is 1.41 bits per heavy atom. The number of nitrogens with zero attached hydrogens (tertiary/aromatic N) is 1. The molecule has 0 saturated carbocycles. The van der Waals surface area contributed by atoms with Crippen LogP contribution < -0.4 is 16.8 Å². The molecule has 0 spiro atoms. The van der Waals surface area contributed by atoms with Gasteiger partial charge in [0.15, 0.2) is 0 Å². The molecule has 2 rings (SSSR count). The van der Waals surface area contributed by atoms with Crippen LogP contribution in [0.1, 0.15) is 46.5 Å². The van der Waals surface area contributed by atoms with Crippen LogP contribution in [0, 0.1) is 5.92 Å². The molecule has 0 radical (unpaired) electrons. The SMILES string of the molecule is C=C(C1=C(NCCC2CCN(CC)CC2)C=C(OC)C(N)=C(C)C1)[C@H](C)N. The molecule has 5 nitrogen and oxygen atoms in total. The summed E-state index contributed by atoms with van der Waals surface area (Å²) in [5, 5.41) is 3.64. The molecule has 1 atom stereocenters. The second-order valence-electron chi connectivity index (χ2n) is 7.88. The van der Waals surface area contributed by atoms with Gasteiger partial charge in [-0.1, -0.05) is 13.5 Å². The van der Waals surface area contributed by atoms with E-state index in [-0.39, 0.29) is 6.04 Å². The average molecular weight is 375 g/mol. The Balaban J connectivity index is 2.10. The van der Waals surface area contributed by atoms with Gasteiger partial charge in [0, 0.05) is 24.4 Å². The minimum atomic E-state index is -0.0957.